The lowest BCUT2D eigenvalue weighted by Crippen LogP contribution is -2.41. The number of hydrogen-bond donors (Lipinski definition) is 2. The van der Waals surface area contributed by atoms with Crippen LogP contribution < -0.4 is 10.1 Å². The Kier molecular flexibility index (Phi) is 7.71. The van der Waals surface area contributed by atoms with E-state index in [1.165, 1.54) is 0 Å². The average molecular weight is 337 g/mol. The van der Waals surface area contributed by atoms with Crippen LogP contribution in [0.4, 0.5) is 0 Å². The van der Waals surface area contributed by atoms with E-state index >= 15 is 0 Å². The molecular formula is C18H27NO5. The van der Waals surface area contributed by atoms with Crippen LogP contribution in [0.1, 0.15) is 33.3 Å². The quantitative estimate of drug-likeness (QED) is 0.640. The second-order valence-electron chi connectivity index (χ2n) is 6.56. The lowest BCUT2D eigenvalue weighted by Gasteiger charge is -2.24. The van der Waals surface area contributed by atoms with Gasteiger partial charge >= 0.3 is 5.97 Å². The molecule has 0 heterocycles. The molecule has 24 heavy (non-hydrogen) atoms. The number of nitrogens with one attached hydrogen (secondary N) is 1. The molecule has 6 heteroatoms. The first-order chi connectivity index (χ1) is 11.2. The molecule has 1 amide bonds. The molecule has 1 aromatic rings. The van der Waals surface area contributed by atoms with Crippen LogP contribution in [0.15, 0.2) is 24.3 Å². The highest BCUT2D eigenvalue weighted by molar-refractivity contribution is 5.87. The third-order valence-corrected chi connectivity index (χ3v) is 3.48. The Labute approximate surface area is 143 Å². The van der Waals surface area contributed by atoms with Crippen molar-refractivity contribution in [1.82, 2.24) is 5.32 Å². The number of ether oxygens (including phenoxy) is 2. The summed E-state index contributed by atoms with van der Waals surface area (Å²) in [6.45, 7) is 8.57. The maximum absolute atomic E-state index is 12.3. The molecule has 0 aliphatic carbocycles. The minimum Gasteiger partial charge on any atom is -0.493 e. The van der Waals surface area contributed by atoms with E-state index in [1.54, 1.807) is 0 Å². The van der Waals surface area contributed by atoms with Crippen LogP contribution in [0.5, 0.6) is 5.75 Å². The van der Waals surface area contributed by atoms with Crippen molar-refractivity contribution in [3.63, 3.8) is 0 Å². The maximum Gasteiger partial charge on any atom is 0.329 e. The first-order valence-electron chi connectivity index (χ1n) is 8.04. The fourth-order valence-electron chi connectivity index (χ4n) is 1.98. The van der Waals surface area contributed by atoms with Gasteiger partial charge in [0.15, 0.2) is 0 Å². The van der Waals surface area contributed by atoms with Crippen molar-refractivity contribution < 1.29 is 24.2 Å². The highest BCUT2D eigenvalue weighted by Crippen LogP contribution is 2.25. The second kappa shape index (κ2) is 9.27. The van der Waals surface area contributed by atoms with Crippen LogP contribution in [0.2, 0.25) is 0 Å². The van der Waals surface area contributed by atoms with Gasteiger partial charge in [0.2, 0.25) is 5.91 Å². The fourth-order valence-corrected chi connectivity index (χ4v) is 1.98. The average Bonchev–Trinajstić information content (AvgIpc) is 2.52. The Balaban J connectivity index is 2.53. The molecule has 0 spiro atoms. The highest BCUT2D eigenvalue weighted by atomic mass is 16.5. The van der Waals surface area contributed by atoms with Gasteiger partial charge in [-0.25, -0.2) is 4.79 Å². The van der Waals surface area contributed by atoms with Gasteiger partial charge in [0, 0.05) is 6.54 Å². The molecule has 0 aliphatic rings. The van der Waals surface area contributed by atoms with Gasteiger partial charge in [-0.1, -0.05) is 26.0 Å². The zero-order valence-corrected chi connectivity index (χ0v) is 14.8. The topological polar surface area (TPSA) is 84.9 Å². The van der Waals surface area contributed by atoms with Gasteiger partial charge in [0.25, 0.3) is 0 Å². The van der Waals surface area contributed by atoms with Crippen LogP contribution in [0.3, 0.4) is 0 Å². The fraction of sp³-hybridized carbons (Fsp3) is 0.556. The number of benzene rings is 1. The zero-order chi connectivity index (χ0) is 18.2. The summed E-state index contributed by atoms with van der Waals surface area (Å²) in [5.74, 6) is 0.0691. The molecule has 0 saturated carbocycles. The van der Waals surface area contributed by atoms with Gasteiger partial charge in [0.1, 0.15) is 12.4 Å². The predicted octanol–water partition coefficient (Wildman–Crippen LogP) is 2.22. The first-order valence-corrected chi connectivity index (χ1v) is 8.04. The van der Waals surface area contributed by atoms with Crippen molar-refractivity contribution >= 4 is 11.9 Å². The van der Waals surface area contributed by atoms with Gasteiger partial charge in [-0.15, -0.1) is 0 Å². The predicted molar refractivity (Wildman–Crippen MR) is 91.3 cm³/mol. The van der Waals surface area contributed by atoms with Gasteiger partial charge in [-0.2, -0.15) is 0 Å². The summed E-state index contributed by atoms with van der Waals surface area (Å²) in [5, 5.41) is 11.2. The summed E-state index contributed by atoms with van der Waals surface area (Å²) in [7, 11) is 0. The molecule has 134 valence electrons. The zero-order valence-electron chi connectivity index (χ0n) is 14.8. The van der Waals surface area contributed by atoms with Crippen molar-refractivity contribution in [1.29, 1.82) is 0 Å². The molecule has 1 aromatic carbocycles. The lowest BCUT2D eigenvalue weighted by molar-refractivity contribution is -0.142. The Morgan fingerprint density at radius 2 is 1.83 bits per heavy atom. The van der Waals surface area contributed by atoms with Crippen molar-refractivity contribution in [3.8, 4) is 5.75 Å². The van der Waals surface area contributed by atoms with Gasteiger partial charge in [0.05, 0.1) is 18.6 Å². The van der Waals surface area contributed by atoms with Crippen molar-refractivity contribution in [2.24, 2.45) is 5.92 Å². The Morgan fingerprint density at radius 1 is 1.21 bits per heavy atom. The molecule has 6 nitrogen and oxygen atoms in total. The normalized spacial score (nSPS) is 11.4. The summed E-state index contributed by atoms with van der Waals surface area (Å²) < 4.78 is 10.5. The SMILES string of the molecule is CC(C)COc1ccc(C(C)(C)C(=O)NCCOCC(=O)O)cc1. The molecule has 0 aliphatic heterocycles. The smallest absolute Gasteiger partial charge is 0.329 e. The van der Waals surface area contributed by atoms with E-state index in [0.717, 1.165) is 11.3 Å². The van der Waals surface area contributed by atoms with Crippen LogP contribution in [0, 0.1) is 5.92 Å². The monoisotopic (exact) mass is 337 g/mol. The van der Waals surface area contributed by atoms with E-state index in [-0.39, 0.29) is 25.7 Å². The Bertz CT molecular complexity index is 537. The minimum atomic E-state index is -1.03. The summed E-state index contributed by atoms with van der Waals surface area (Å²) in [6, 6.07) is 7.50. The molecule has 0 unspecified atom stereocenters. The number of rotatable bonds is 10. The number of carboxylic acids is 1. The van der Waals surface area contributed by atoms with E-state index in [9.17, 15) is 9.59 Å². The first kappa shape index (κ1) is 20.0. The van der Waals surface area contributed by atoms with E-state index in [0.29, 0.717) is 12.5 Å². The minimum absolute atomic E-state index is 0.141. The number of amides is 1. The molecule has 0 fully saturated rings. The largest absolute Gasteiger partial charge is 0.493 e. The van der Waals surface area contributed by atoms with Crippen molar-refractivity contribution in [2.45, 2.75) is 33.1 Å². The molecule has 0 bridgehead atoms. The van der Waals surface area contributed by atoms with Crippen LogP contribution in [-0.2, 0) is 19.7 Å². The maximum atomic E-state index is 12.3. The van der Waals surface area contributed by atoms with E-state index in [2.05, 4.69) is 19.2 Å². The van der Waals surface area contributed by atoms with Crippen LogP contribution >= 0.6 is 0 Å². The summed E-state index contributed by atoms with van der Waals surface area (Å²) in [5.41, 5.74) is 0.173. The van der Waals surface area contributed by atoms with Gasteiger partial charge in [-0.05, 0) is 37.5 Å². The lowest BCUT2D eigenvalue weighted by atomic mass is 9.83. The van der Waals surface area contributed by atoms with Crippen molar-refractivity contribution in [3.05, 3.63) is 29.8 Å². The summed E-state index contributed by atoms with van der Waals surface area (Å²) >= 11 is 0. The molecule has 0 radical (unpaired) electrons. The number of carbonyl (C=O) groups excluding carboxylic acids is 1. The van der Waals surface area contributed by atoms with E-state index in [4.69, 9.17) is 14.6 Å². The number of carboxylic acid groups (broad SMARTS) is 1. The van der Waals surface area contributed by atoms with Gasteiger partial charge in [-0.3, -0.25) is 4.79 Å². The molecule has 0 aromatic heterocycles. The molecule has 0 saturated heterocycles. The highest BCUT2D eigenvalue weighted by Gasteiger charge is 2.29. The Morgan fingerprint density at radius 3 is 2.38 bits per heavy atom. The second-order valence-corrected chi connectivity index (χ2v) is 6.56. The van der Waals surface area contributed by atoms with Gasteiger partial charge < -0.3 is 19.9 Å². The number of aliphatic carboxylic acids is 1. The summed E-state index contributed by atoms with van der Waals surface area (Å²) in [4.78, 5) is 22.7. The van der Waals surface area contributed by atoms with Crippen LogP contribution in [0.25, 0.3) is 0 Å². The molecule has 0 atom stereocenters. The number of hydrogen-bond acceptors (Lipinski definition) is 4. The standard InChI is InChI=1S/C18H27NO5/c1-13(2)11-24-15-7-5-14(6-8-15)18(3,4)17(22)19-9-10-23-12-16(20)21/h5-8,13H,9-12H2,1-4H3,(H,19,22)(H,20,21). The van der Waals surface area contributed by atoms with E-state index in [1.807, 2.05) is 38.1 Å². The Hall–Kier alpha value is -2.08. The summed E-state index contributed by atoms with van der Waals surface area (Å²) in [6.07, 6.45) is 0. The third kappa shape index (κ3) is 6.58. The third-order valence-electron chi connectivity index (χ3n) is 3.48. The van der Waals surface area contributed by atoms with Crippen LogP contribution in [-0.4, -0.2) is 43.3 Å². The molecular weight excluding hydrogens is 310 g/mol. The van der Waals surface area contributed by atoms with E-state index < -0.39 is 11.4 Å². The number of carbonyl (C=O) groups is 2. The van der Waals surface area contributed by atoms with Crippen molar-refractivity contribution in [2.75, 3.05) is 26.4 Å². The molecule has 1 rings (SSSR count). The molecule has 2 N–H and O–H groups in total.